The molecule has 0 radical (unpaired) electrons. The number of hydrogen-bond donors (Lipinski definition) is 0. The SMILES string of the molecule is N#CCCN(CCC#N)C(=O)CSc1nnc(-c2ccccc2Cl)n1Cc1ccccc1. The monoisotopic (exact) mass is 464 g/mol. The lowest BCUT2D eigenvalue weighted by Gasteiger charge is -2.20. The van der Waals surface area contributed by atoms with Gasteiger partial charge < -0.3 is 4.90 Å². The molecule has 0 saturated carbocycles. The highest BCUT2D eigenvalue weighted by Gasteiger charge is 2.19. The van der Waals surface area contributed by atoms with Crippen molar-refractivity contribution in [3.05, 3.63) is 65.2 Å². The van der Waals surface area contributed by atoms with Gasteiger partial charge >= 0.3 is 0 Å². The second-order valence-electron chi connectivity index (χ2n) is 6.84. The summed E-state index contributed by atoms with van der Waals surface area (Å²) in [6, 6.07) is 21.4. The first-order valence-corrected chi connectivity index (χ1v) is 11.4. The number of nitrogens with zero attached hydrogens (tertiary/aromatic N) is 6. The molecule has 9 heteroatoms. The average Bonchev–Trinajstić information content (AvgIpc) is 3.20. The minimum atomic E-state index is -0.144. The maximum Gasteiger partial charge on any atom is 0.233 e. The maximum absolute atomic E-state index is 12.7. The molecule has 3 aromatic rings. The molecule has 1 heterocycles. The Morgan fingerprint density at radius 2 is 1.66 bits per heavy atom. The molecule has 2 aromatic carbocycles. The van der Waals surface area contributed by atoms with Crippen molar-refractivity contribution in [2.45, 2.75) is 24.5 Å². The Kier molecular flexibility index (Phi) is 8.68. The van der Waals surface area contributed by atoms with Crippen LogP contribution in [-0.2, 0) is 11.3 Å². The van der Waals surface area contributed by atoms with Crippen LogP contribution in [-0.4, -0.2) is 44.4 Å². The highest BCUT2D eigenvalue weighted by molar-refractivity contribution is 7.99. The van der Waals surface area contributed by atoms with Gasteiger partial charge in [-0.05, 0) is 17.7 Å². The zero-order valence-electron chi connectivity index (χ0n) is 17.3. The van der Waals surface area contributed by atoms with Crippen LogP contribution < -0.4 is 0 Å². The predicted octanol–water partition coefficient (Wildman–Crippen LogP) is 4.39. The average molecular weight is 465 g/mol. The number of amides is 1. The number of hydrogen-bond acceptors (Lipinski definition) is 6. The first-order chi connectivity index (χ1) is 15.6. The Balaban J connectivity index is 1.84. The highest BCUT2D eigenvalue weighted by Crippen LogP contribution is 2.30. The molecule has 0 N–H and O–H groups in total. The molecule has 0 fully saturated rings. The molecule has 0 saturated heterocycles. The van der Waals surface area contributed by atoms with Crippen LogP contribution in [0.25, 0.3) is 11.4 Å². The first kappa shape index (κ1) is 23.3. The fourth-order valence-corrected chi connectivity index (χ4v) is 4.16. The van der Waals surface area contributed by atoms with Crippen LogP contribution in [0, 0.1) is 22.7 Å². The molecule has 0 atom stereocenters. The minimum absolute atomic E-state index is 0.131. The van der Waals surface area contributed by atoms with E-state index < -0.39 is 0 Å². The second kappa shape index (κ2) is 11.9. The van der Waals surface area contributed by atoms with Crippen LogP contribution in [0.15, 0.2) is 59.8 Å². The van der Waals surface area contributed by atoms with E-state index in [1.54, 1.807) is 11.0 Å². The number of carbonyl (C=O) groups excluding carboxylic acids is 1. The van der Waals surface area contributed by atoms with Gasteiger partial charge in [0.05, 0.1) is 42.3 Å². The number of rotatable bonds is 10. The first-order valence-electron chi connectivity index (χ1n) is 10.0. The van der Waals surface area contributed by atoms with E-state index in [9.17, 15) is 4.79 Å². The van der Waals surface area contributed by atoms with E-state index in [4.69, 9.17) is 22.1 Å². The van der Waals surface area contributed by atoms with Gasteiger partial charge in [0, 0.05) is 18.7 Å². The minimum Gasteiger partial charge on any atom is -0.340 e. The highest BCUT2D eigenvalue weighted by atomic mass is 35.5. The van der Waals surface area contributed by atoms with Gasteiger partial charge in [-0.3, -0.25) is 9.36 Å². The largest absolute Gasteiger partial charge is 0.340 e. The van der Waals surface area contributed by atoms with Crippen LogP contribution >= 0.6 is 23.4 Å². The van der Waals surface area contributed by atoms with E-state index in [2.05, 4.69) is 10.2 Å². The summed E-state index contributed by atoms with van der Waals surface area (Å²) < 4.78 is 1.95. The van der Waals surface area contributed by atoms with Crippen molar-refractivity contribution in [2.24, 2.45) is 0 Å². The molecule has 3 rings (SSSR count). The van der Waals surface area contributed by atoms with Gasteiger partial charge in [-0.15, -0.1) is 10.2 Å². The van der Waals surface area contributed by atoms with Crippen LogP contribution in [0.2, 0.25) is 5.02 Å². The Morgan fingerprint density at radius 1 is 1.00 bits per heavy atom. The van der Waals surface area contributed by atoms with Crippen molar-refractivity contribution in [1.29, 1.82) is 10.5 Å². The number of carbonyl (C=O) groups is 1. The third-order valence-electron chi connectivity index (χ3n) is 4.68. The normalized spacial score (nSPS) is 10.3. The van der Waals surface area contributed by atoms with Gasteiger partial charge in [-0.2, -0.15) is 10.5 Å². The van der Waals surface area contributed by atoms with Crippen molar-refractivity contribution in [3.8, 4) is 23.5 Å². The zero-order valence-corrected chi connectivity index (χ0v) is 18.9. The van der Waals surface area contributed by atoms with Crippen LogP contribution in [0.4, 0.5) is 0 Å². The van der Waals surface area contributed by atoms with Gasteiger partial charge in [0.2, 0.25) is 5.91 Å². The van der Waals surface area contributed by atoms with E-state index in [0.717, 1.165) is 11.1 Å². The Morgan fingerprint density at radius 3 is 2.31 bits per heavy atom. The summed E-state index contributed by atoms with van der Waals surface area (Å²) in [6.45, 7) is 1.13. The van der Waals surface area contributed by atoms with Crippen molar-refractivity contribution < 1.29 is 4.79 Å². The molecule has 0 aliphatic carbocycles. The smallest absolute Gasteiger partial charge is 0.233 e. The molecule has 7 nitrogen and oxygen atoms in total. The summed E-state index contributed by atoms with van der Waals surface area (Å²) >= 11 is 7.69. The Hall–Kier alpha value is -3.33. The van der Waals surface area contributed by atoms with Crippen molar-refractivity contribution in [2.75, 3.05) is 18.8 Å². The summed E-state index contributed by atoms with van der Waals surface area (Å²) in [4.78, 5) is 14.3. The molecular weight excluding hydrogens is 444 g/mol. The van der Waals surface area contributed by atoms with Gasteiger partial charge in [-0.25, -0.2) is 0 Å². The van der Waals surface area contributed by atoms with E-state index in [1.165, 1.54) is 11.8 Å². The molecule has 0 aliphatic heterocycles. The number of nitriles is 2. The van der Waals surface area contributed by atoms with Crippen molar-refractivity contribution >= 4 is 29.3 Å². The maximum atomic E-state index is 12.7. The lowest BCUT2D eigenvalue weighted by Crippen LogP contribution is -2.34. The van der Waals surface area contributed by atoms with Crippen LogP contribution in [0.1, 0.15) is 18.4 Å². The zero-order chi connectivity index (χ0) is 22.8. The van der Waals surface area contributed by atoms with E-state index >= 15 is 0 Å². The lowest BCUT2D eigenvalue weighted by atomic mass is 10.2. The van der Waals surface area contributed by atoms with Gasteiger partial charge in [0.15, 0.2) is 11.0 Å². The number of aromatic nitrogens is 3. The van der Waals surface area contributed by atoms with E-state index in [0.29, 0.717) is 35.6 Å². The molecule has 1 aromatic heterocycles. The molecule has 0 aliphatic rings. The summed E-state index contributed by atoms with van der Waals surface area (Å²) in [5.74, 6) is 0.612. The summed E-state index contributed by atoms with van der Waals surface area (Å²) in [7, 11) is 0. The van der Waals surface area contributed by atoms with Crippen LogP contribution in [0.5, 0.6) is 0 Å². The summed E-state index contributed by atoms with van der Waals surface area (Å²) in [5.41, 5.74) is 1.83. The van der Waals surface area contributed by atoms with Gasteiger partial charge in [0.1, 0.15) is 0 Å². The topological polar surface area (TPSA) is 98.6 Å². The quantitative estimate of drug-likeness (QED) is 0.412. The molecule has 1 amide bonds. The number of halogens is 1. The molecule has 0 bridgehead atoms. The standard InChI is InChI=1S/C23H21ClN6OS/c24-20-11-5-4-10-19(20)22-27-28-23(30(22)16-18-8-2-1-3-9-18)32-17-21(31)29(14-6-12-25)15-7-13-26/h1-5,8-11H,6-7,14-17H2. The second-order valence-corrected chi connectivity index (χ2v) is 8.19. The predicted molar refractivity (Wildman–Crippen MR) is 124 cm³/mol. The fraction of sp³-hybridized carbons (Fsp3) is 0.261. The molecule has 162 valence electrons. The van der Waals surface area contributed by atoms with Crippen LogP contribution in [0.3, 0.4) is 0 Å². The molecule has 32 heavy (non-hydrogen) atoms. The van der Waals surface area contributed by atoms with Gasteiger partial charge in [0.25, 0.3) is 0 Å². The molecular formula is C23H21ClN6OS. The van der Waals surface area contributed by atoms with E-state index in [-0.39, 0.29) is 24.5 Å². The Bertz CT molecular complexity index is 1120. The summed E-state index contributed by atoms with van der Waals surface area (Å²) in [6.07, 6.45) is 0.450. The Labute approximate surface area is 196 Å². The third kappa shape index (κ3) is 6.10. The van der Waals surface area contributed by atoms with Gasteiger partial charge in [-0.1, -0.05) is 65.8 Å². The van der Waals surface area contributed by atoms with Crippen molar-refractivity contribution in [3.63, 3.8) is 0 Å². The van der Waals surface area contributed by atoms with E-state index in [1.807, 2.05) is 65.2 Å². The number of thioether (sulfide) groups is 1. The van der Waals surface area contributed by atoms with Crippen molar-refractivity contribution in [1.82, 2.24) is 19.7 Å². The summed E-state index contributed by atoms with van der Waals surface area (Å²) in [5, 5.41) is 27.6. The lowest BCUT2D eigenvalue weighted by molar-refractivity contribution is -0.128. The molecule has 0 spiro atoms. The fourth-order valence-electron chi connectivity index (χ4n) is 3.09. The third-order valence-corrected chi connectivity index (χ3v) is 5.96. The molecule has 0 unspecified atom stereocenters. The number of benzene rings is 2.